The molecule has 2 rings (SSSR count). The van der Waals surface area contributed by atoms with Crippen molar-refractivity contribution < 1.29 is 35.6 Å². The second kappa shape index (κ2) is 5.52. The monoisotopic (exact) mass is 322 g/mol. The molecule has 1 aromatic rings. The first kappa shape index (κ1) is 15.0. The molecule has 21 heavy (non-hydrogen) atoms. The molecule has 1 aromatic carbocycles. The van der Waals surface area contributed by atoms with Crippen molar-refractivity contribution in [1.29, 1.82) is 0 Å². The van der Waals surface area contributed by atoms with E-state index >= 15 is 0 Å². The molecule has 11 heteroatoms. The van der Waals surface area contributed by atoms with Gasteiger partial charge in [0.1, 0.15) is 11.3 Å². The zero-order chi connectivity index (χ0) is 15.6. The Kier molecular flexibility index (Phi) is 3.93. The Hall–Kier alpha value is -2.43. The molecule has 1 N–H and O–H groups in total. The molecule has 1 aliphatic heterocycles. The van der Waals surface area contributed by atoms with Crippen LogP contribution in [0.2, 0.25) is 0 Å². The fourth-order valence-corrected chi connectivity index (χ4v) is 2.29. The van der Waals surface area contributed by atoms with Crippen LogP contribution in [0.15, 0.2) is 22.6 Å². The summed E-state index contributed by atoms with van der Waals surface area (Å²) in [5.41, 5.74) is -0.238. The minimum absolute atomic E-state index is 0.238. The highest BCUT2D eigenvalue weighted by molar-refractivity contribution is 7.86. The van der Waals surface area contributed by atoms with E-state index in [9.17, 15) is 22.0 Å². The summed E-state index contributed by atoms with van der Waals surface area (Å²) in [6, 6.07) is 3.58. The third kappa shape index (κ3) is 3.37. The maximum Gasteiger partial charge on any atom is 0.430 e. The predicted octanol–water partition coefficient (Wildman–Crippen LogP) is 1.03. The quantitative estimate of drug-likeness (QED) is 0.872. The molecule has 0 saturated carbocycles. The number of carbonyl (C=O) groups excluding carboxylic acids is 1. The number of amides is 1. The molecule has 0 fully saturated rings. The van der Waals surface area contributed by atoms with Gasteiger partial charge in [-0.05, 0) is 12.1 Å². The molecule has 0 bridgehead atoms. The number of hydrogen-bond donors (Lipinski definition) is 1. The van der Waals surface area contributed by atoms with Gasteiger partial charge in [-0.25, -0.2) is 4.79 Å². The van der Waals surface area contributed by atoms with Crippen molar-refractivity contribution in [1.82, 2.24) is 5.32 Å². The van der Waals surface area contributed by atoms with Gasteiger partial charge in [0.05, 0.1) is 7.11 Å². The molecule has 0 saturated heterocycles. The normalized spacial score (nSPS) is 15.5. The van der Waals surface area contributed by atoms with Gasteiger partial charge >= 0.3 is 23.0 Å². The van der Waals surface area contributed by atoms with Crippen molar-refractivity contribution in [2.45, 2.75) is 6.61 Å². The predicted molar refractivity (Wildman–Crippen MR) is 64.7 cm³/mol. The molecule has 0 radical (unpaired) electrons. The topological polar surface area (TPSA) is 103 Å². The van der Waals surface area contributed by atoms with E-state index in [1.165, 1.54) is 12.1 Å². The van der Waals surface area contributed by atoms with E-state index < -0.39 is 34.6 Å². The molecule has 114 valence electrons. The van der Waals surface area contributed by atoms with Gasteiger partial charge in [-0.2, -0.15) is 17.2 Å². The van der Waals surface area contributed by atoms with Crippen LogP contribution < -0.4 is 14.2 Å². The van der Waals surface area contributed by atoms with Gasteiger partial charge in [0.25, 0.3) is 0 Å². The van der Waals surface area contributed by atoms with Crippen molar-refractivity contribution in [3.05, 3.63) is 23.8 Å². The van der Waals surface area contributed by atoms with Gasteiger partial charge in [-0.15, -0.1) is 4.40 Å². The lowest BCUT2D eigenvalue weighted by Crippen LogP contribution is -2.35. The van der Waals surface area contributed by atoms with Crippen LogP contribution in [0.1, 0.15) is 5.56 Å². The number of carbonyl (C=O) groups is 1. The highest BCUT2D eigenvalue weighted by Gasteiger charge is 2.30. The summed E-state index contributed by atoms with van der Waals surface area (Å²) in [6.07, 6.45) is -1.04. The lowest BCUT2D eigenvalue weighted by Gasteiger charge is -2.19. The number of fused-ring (bicyclic) bond motifs is 1. The first-order chi connectivity index (χ1) is 9.82. The van der Waals surface area contributed by atoms with Gasteiger partial charge in [0.2, 0.25) is 0 Å². The molecule has 0 aromatic heterocycles. The summed E-state index contributed by atoms with van der Waals surface area (Å²) in [5, 5.41) is 2.00. The number of alkyl halides is 2. The standard InChI is InChI=1S/C10H8F2N2O6S/c1-18-10(15)13-8-7-5(19-9(11)12)3-2-4-6(7)20-21(16,17)14-8/h2-4,9H,1H3,(H,13,14,15). The molecular weight excluding hydrogens is 314 g/mol. The number of hydrogen-bond acceptors (Lipinski definition) is 6. The summed E-state index contributed by atoms with van der Waals surface area (Å²) < 4.78 is 63.8. The second-order valence-electron chi connectivity index (χ2n) is 3.58. The third-order valence-corrected chi connectivity index (χ3v) is 3.04. The number of rotatable bonds is 2. The highest BCUT2D eigenvalue weighted by Crippen LogP contribution is 2.33. The van der Waals surface area contributed by atoms with Crippen LogP contribution >= 0.6 is 0 Å². The number of benzene rings is 1. The maximum atomic E-state index is 12.4. The Labute approximate surface area is 117 Å². The van der Waals surface area contributed by atoms with E-state index in [1.807, 2.05) is 5.32 Å². The van der Waals surface area contributed by atoms with Crippen LogP contribution in [0.5, 0.6) is 11.5 Å². The fourth-order valence-electron chi connectivity index (χ4n) is 1.53. The zero-order valence-corrected chi connectivity index (χ0v) is 11.2. The lowest BCUT2D eigenvalue weighted by molar-refractivity contribution is -0.0500. The van der Waals surface area contributed by atoms with Crippen LogP contribution in [-0.4, -0.2) is 34.1 Å². The van der Waals surface area contributed by atoms with Crippen LogP contribution in [-0.2, 0) is 15.0 Å². The van der Waals surface area contributed by atoms with Crippen molar-refractivity contribution in [3.63, 3.8) is 0 Å². The van der Waals surface area contributed by atoms with Crippen LogP contribution in [0.25, 0.3) is 0 Å². The Morgan fingerprint density at radius 3 is 2.76 bits per heavy atom. The summed E-state index contributed by atoms with van der Waals surface area (Å²) >= 11 is 0. The van der Waals surface area contributed by atoms with E-state index in [1.54, 1.807) is 0 Å². The van der Waals surface area contributed by atoms with E-state index in [2.05, 4.69) is 18.1 Å². The van der Waals surface area contributed by atoms with Gasteiger partial charge < -0.3 is 13.7 Å². The first-order valence-corrected chi connectivity index (χ1v) is 6.66. The first-order valence-electron chi connectivity index (χ1n) is 5.30. The van der Waals surface area contributed by atoms with E-state index in [0.29, 0.717) is 0 Å². The number of alkyl carbamates (subject to hydrolysis) is 1. The number of amidine groups is 1. The molecule has 0 unspecified atom stereocenters. The van der Waals surface area contributed by atoms with Crippen LogP contribution in [0, 0.1) is 0 Å². The zero-order valence-electron chi connectivity index (χ0n) is 10.4. The van der Waals surface area contributed by atoms with Gasteiger partial charge in [-0.1, -0.05) is 6.07 Å². The smallest absolute Gasteiger partial charge is 0.430 e. The van der Waals surface area contributed by atoms with Crippen molar-refractivity contribution in [2.75, 3.05) is 7.11 Å². The molecular formula is C10H8F2N2O6S. The molecule has 0 spiro atoms. The fraction of sp³-hybridized carbons (Fsp3) is 0.200. The summed E-state index contributed by atoms with van der Waals surface area (Å²) in [5.74, 6) is -1.26. The van der Waals surface area contributed by atoms with Crippen LogP contribution in [0.3, 0.4) is 0 Å². The molecule has 1 aliphatic rings. The molecule has 1 amide bonds. The molecule has 0 aliphatic carbocycles. The van der Waals surface area contributed by atoms with Gasteiger partial charge in [0.15, 0.2) is 11.6 Å². The van der Waals surface area contributed by atoms with E-state index in [0.717, 1.165) is 13.2 Å². The lowest BCUT2D eigenvalue weighted by atomic mass is 10.1. The Morgan fingerprint density at radius 1 is 1.43 bits per heavy atom. The van der Waals surface area contributed by atoms with Gasteiger partial charge in [0, 0.05) is 0 Å². The minimum Gasteiger partial charge on any atom is -0.453 e. The van der Waals surface area contributed by atoms with E-state index in [-0.39, 0.29) is 11.3 Å². The highest BCUT2D eigenvalue weighted by atomic mass is 32.2. The average molecular weight is 322 g/mol. The molecule has 0 atom stereocenters. The number of nitrogens with zero attached hydrogens (tertiary/aromatic N) is 1. The van der Waals surface area contributed by atoms with Crippen molar-refractivity contribution in [2.24, 2.45) is 4.40 Å². The molecule has 8 nitrogen and oxygen atoms in total. The summed E-state index contributed by atoms with van der Waals surface area (Å²) in [7, 11) is -3.34. The van der Waals surface area contributed by atoms with Gasteiger partial charge in [-0.3, -0.25) is 5.32 Å². The second-order valence-corrected chi connectivity index (χ2v) is 4.78. The number of methoxy groups -OCH3 is 1. The van der Waals surface area contributed by atoms with Crippen molar-refractivity contribution >= 4 is 22.2 Å². The Morgan fingerprint density at radius 2 is 2.14 bits per heavy atom. The third-order valence-electron chi connectivity index (χ3n) is 2.24. The SMILES string of the molecule is COC(=O)NC1=NS(=O)(=O)Oc2cccc(OC(F)F)c21. The maximum absolute atomic E-state index is 12.4. The van der Waals surface area contributed by atoms with E-state index in [4.69, 9.17) is 0 Å². The number of nitrogens with one attached hydrogen (secondary N) is 1. The minimum atomic E-state index is -4.37. The number of ether oxygens (including phenoxy) is 2. The Balaban J connectivity index is 2.55. The number of halogens is 2. The van der Waals surface area contributed by atoms with Crippen molar-refractivity contribution in [3.8, 4) is 11.5 Å². The average Bonchev–Trinajstić information content (AvgIpc) is 2.36. The Bertz CT molecular complexity index is 703. The largest absolute Gasteiger partial charge is 0.453 e. The molecule has 1 heterocycles. The summed E-state index contributed by atoms with van der Waals surface area (Å²) in [6.45, 7) is -3.16. The van der Waals surface area contributed by atoms with Crippen LogP contribution in [0.4, 0.5) is 13.6 Å². The summed E-state index contributed by atoms with van der Waals surface area (Å²) in [4.78, 5) is 11.2.